The Bertz CT molecular complexity index is 1890. The number of imidazole rings is 1. The van der Waals surface area contributed by atoms with Gasteiger partial charge in [0.15, 0.2) is 17.0 Å². The van der Waals surface area contributed by atoms with Gasteiger partial charge in [-0.25, -0.2) is 9.78 Å². The Morgan fingerprint density at radius 3 is 2.13 bits per heavy atom. The van der Waals surface area contributed by atoms with Crippen LogP contribution in [0, 0.1) is 5.92 Å². The number of fused-ring (bicyclic) bond motifs is 1. The molecule has 0 unspecified atom stereocenters. The summed E-state index contributed by atoms with van der Waals surface area (Å²) in [6.07, 6.45) is -2.39. The van der Waals surface area contributed by atoms with Gasteiger partial charge in [-0.05, 0) is 36.8 Å². The predicted octanol–water partition coefficient (Wildman–Crippen LogP) is 3.37. The first-order valence-corrected chi connectivity index (χ1v) is 17.9. The molecule has 4 aromatic rings. The molecule has 6 N–H and O–H groups in total. The van der Waals surface area contributed by atoms with E-state index in [2.05, 4.69) is 45.1 Å². The molecule has 17 heteroatoms. The summed E-state index contributed by atoms with van der Waals surface area (Å²) in [4.78, 5) is 50.3. The van der Waals surface area contributed by atoms with Gasteiger partial charge in [-0.2, -0.15) is 23.1 Å². The van der Waals surface area contributed by atoms with Crippen molar-refractivity contribution in [1.29, 1.82) is 0 Å². The molecule has 288 valence electrons. The molecule has 2 aromatic carbocycles. The molecule has 0 spiro atoms. The Morgan fingerprint density at radius 2 is 1.56 bits per heavy atom. The fourth-order valence-corrected chi connectivity index (χ4v) is 6.87. The van der Waals surface area contributed by atoms with Gasteiger partial charge in [0.1, 0.15) is 12.2 Å². The van der Waals surface area contributed by atoms with Crippen molar-refractivity contribution in [3.8, 4) is 0 Å². The number of anilines is 2. The minimum atomic E-state index is -5.08. The largest absolute Gasteiger partial charge is 0.490 e. The van der Waals surface area contributed by atoms with Crippen molar-refractivity contribution in [2.45, 2.75) is 81.5 Å². The number of nitrogens with zero attached hydrogens (tertiary/aromatic N) is 5. The van der Waals surface area contributed by atoms with Crippen molar-refractivity contribution in [2.75, 3.05) is 29.9 Å². The standard InChI is InChI=1S/C35H42N8O4.C2HF3O2/c1-2-28(44)39-26-17-27(31(46)30(26)45)43-20-37-29-32(36-18-25(21-9-5-3-6-10-21)22-11-7-4-8-12-22)40-35(41-33(29)43)42-16-15-24(19-42)38-34(47)23-13-14-23;3-2(4,5)1(6)7/h3-12,20,23-27,30-31,45-46H,2,13-19H2,1H3,(H,38,47)(H,39,44)(H,36,40,41);(H,6,7)/t24-,26+,27-,30-,31+;/m1./s1. The Hall–Kier alpha value is -5.29. The minimum absolute atomic E-state index is 0.0130. The van der Waals surface area contributed by atoms with Crippen LogP contribution in [0.1, 0.15) is 62.1 Å². The van der Waals surface area contributed by atoms with E-state index in [9.17, 15) is 33.0 Å². The van der Waals surface area contributed by atoms with Crippen molar-refractivity contribution in [1.82, 2.24) is 30.2 Å². The van der Waals surface area contributed by atoms with Crippen molar-refractivity contribution < 1.29 is 42.9 Å². The number of carbonyl (C=O) groups is 3. The smallest absolute Gasteiger partial charge is 0.475 e. The molecule has 3 heterocycles. The van der Waals surface area contributed by atoms with E-state index in [-0.39, 0.29) is 36.1 Å². The lowest BCUT2D eigenvalue weighted by Crippen LogP contribution is -2.42. The van der Waals surface area contributed by atoms with Gasteiger partial charge in [-0.15, -0.1) is 0 Å². The molecule has 2 aliphatic carbocycles. The zero-order valence-corrected chi connectivity index (χ0v) is 29.5. The van der Waals surface area contributed by atoms with Gasteiger partial charge in [0.05, 0.1) is 18.4 Å². The highest BCUT2D eigenvalue weighted by molar-refractivity contribution is 5.85. The first kappa shape index (κ1) is 38.4. The van der Waals surface area contributed by atoms with E-state index in [1.54, 1.807) is 17.8 Å². The molecule has 0 bridgehead atoms. The van der Waals surface area contributed by atoms with E-state index in [1.807, 2.05) is 36.4 Å². The number of amides is 2. The van der Waals surface area contributed by atoms with Gasteiger partial charge < -0.3 is 40.7 Å². The normalized spacial score (nSPS) is 22.5. The van der Waals surface area contributed by atoms with E-state index >= 15 is 0 Å². The lowest BCUT2D eigenvalue weighted by molar-refractivity contribution is -0.192. The maximum Gasteiger partial charge on any atom is 0.490 e. The second kappa shape index (κ2) is 16.4. The number of rotatable bonds is 11. The average Bonchev–Trinajstić information content (AvgIpc) is 3.68. The number of hydrogen-bond donors (Lipinski definition) is 6. The van der Waals surface area contributed by atoms with Gasteiger partial charge in [-0.1, -0.05) is 67.6 Å². The third-order valence-electron chi connectivity index (χ3n) is 9.97. The molecular formula is C37H43F3N8O6. The number of carbonyl (C=O) groups excluding carboxylic acids is 2. The fraction of sp³-hybridized carbons (Fsp3) is 0.459. The number of aliphatic hydroxyl groups excluding tert-OH is 2. The van der Waals surface area contributed by atoms with E-state index in [0.29, 0.717) is 49.0 Å². The highest BCUT2D eigenvalue weighted by atomic mass is 19.4. The van der Waals surface area contributed by atoms with Gasteiger partial charge >= 0.3 is 12.1 Å². The van der Waals surface area contributed by atoms with Crippen molar-refractivity contribution in [3.05, 3.63) is 78.1 Å². The fourth-order valence-electron chi connectivity index (χ4n) is 6.87. The number of nitrogens with one attached hydrogen (secondary N) is 3. The van der Waals surface area contributed by atoms with Crippen molar-refractivity contribution in [2.24, 2.45) is 5.92 Å². The van der Waals surface area contributed by atoms with Crippen molar-refractivity contribution in [3.63, 3.8) is 0 Å². The highest BCUT2D eigenvalue weighted by Gasteiger charge is 2.44. The molecule has 3 aliphatic rings. The van der Waals surface area contributed by atoms with Crippen LogP contribution >= 0.6 is 0 Å². The number of aromatic nitrogens is 4. The van der Waals surface area contributed by atoms with Gasteiger partial charge in [-0.3, -0.25) is 9.59 Å². The van der Waals surface area contributed by atoms with Crippen LogP contribution in [-0.2, 0) is 14.4 Å². The van der Waals surface area contributed by atoms with E-state index in [0.717, 1.165) is 19.3 Å². The molecular weight excluding hydrogens is 709 g/mol. The number of aliphatic hydroxyl groups is 2. The molecule has 5 atom stereocenters. The maximum atomic E-state index is 12.5. The molecule has 2 amide bonds. The third kappa shape index (κ3) is 8.90. The molecule has 1 saturated heterocycles. The summed E-state index contributed by atoms with van der Waals surface area (Å²) in [6.45, 7) is 3.56. The monoisotopic (exact) mass is 752 g/mol. The number of carboxylic acid groups (broad SMARTS) is 1. The lowest BCUT2D eigenvalue weighted by atomic mass is 9.91. The van der Waals surface area contributed by atoms with E-state index in [1.165, 1.54) is 11.1 Å². The quantitative estimate of drug-likeness (QED) is 0.132. The minimum Gasteiger partial charge on any atom is -0.475 e. The summed E-state index contributed by atoms with van der Waals surface area (Å²) in [5.41, 5.74) is 3.41. The molecule has 3 fully saturated rings. The summed E-state index contributed by atoms with van der Waals surface area (Å²) in [7, 11) is 0. The molecule has 1 aliphatic heterocycles. The topological polar surface area (TPSA) is 195 Å². The molecule has 2 aromatic heterocycles. The summed E-state index contributed by atoms with van der Waals surface area (Å²) in [5.74, 6) is -1.57. The summed E-state index contributed by atoms with van der Waals surface area (Å²) < 4.78 is 33.5. The summed E-state index contributed by atoms with van der Waals surface area (Å²) in [5, 5.41) is 38.7. The highest BCUT2D eigenvalue weighted by Crippen LogP contribution is 2.36. The van der Waals surface area contributed by atoms with Crippen LogP contribution < -0.4 is 20.9 Å². The zero-order valence-electron chi connectivity index (χ0n) is 29.5. The number of aliphatic carboxylic acids is 1. The maximum absolute atomic E-state index is 12.5. The Morgan fingerprint density at radius 1 is 0.926 bits per heavy atom. The van der Waals surface area contributed by atoms with E-state index in [4.69, 9.17) is 24.9 Å². The second-order valence-electron chi connectivity index (χ2n) is 13.8. The Labute approximate surface area is 308 Å². The Kier molecular flexibility index (Phi) is 11.7. The molecule has 14 nitrogen and oxygen atoms in total. The van der Waals surface area contributed by atoms with Crippen LogP contribution in [0.25, 0.3) is 11.2 Å². The second-order valence-corrected chi connectivity index (χ2v) is 13.8. The molecule has 54 heavy (non-hydrogen) atoms. The van der Waals surface area contributed by atoms with Gasteiger partial charge in [0, 0.05) is 43.9 Å². The lowest BCUT2D eigenvalue weighted by Gasteiger charge is -2.22. The number of benzene rings is 2. The number of halogens is 3. The summed E-state index contributed by atoms with van der Waals surface area (Å²) in [6, 6.07) is 19.5. The molecule has 7 rings (SSSR count). The van der Waals surface area contributed by atoms with Gasteiger partial charge in [0.25, 0.3) is 0 Å². The first-order valence-electron chi connectivity index (χ1n) is 17.9. The third-order valence-corrected chi connectivity index (χ3v) is 9.97. The predicted molar refractivity (Wildman–Crippen MR) is 192 cm³/mol. The van der Waals surface area contributed by atoms with Crippen LogP contribution in [0.5, 0.6) is 0 Å². The summed E-state index contributed by atoms with van der Waals surface area (Å²) >= 11 is 0. The Balaban J connectivity index is 0.000000649. The molecule has 2 saturated carbocycles. The average molecular weight is 753 g/mol. The van der Waals surface area contributed by atoms with Crippen LogP contribution in [0.3, 0.4) is 0 Å². The first-order chi connectivity index (χ1) is 25.8. The zero-order chi connectivity index (χ0) is 38.6. The SMILES string of the molecule is CCC(=O)N[C@H]1C[C@@H](n2cnc3c(NCC(c4ccccc4)c4ccccc4)nc(N4CC[C@@H](NC(=O)C5CC5)C4)nc32)[C@H](O)[C@@H]1O.O=C(O)C(F)(F)F. The number of alkyl halides is 3. The van der Waals surface area contributed by atoms with E-state index < -0.39 is 36.4 Å². The van der Waals surface area contributed by atoms with Crippen LogP contribution in [-0.4, -0.2) is 103 Å². The van der Waals surface area contributed by atoms with Gasteiger partial charge in [0.2, 0.25) is 17.8 Å². The van der Waals surface area contributed by atoms with Crippen LogP contribution in [0.15, 0.2) is 67.0 Å². The number of carboxylic acids is 1. The number of hydrogen-bond acceptors (Lipinski definition) is 10. The van der Waals surface area contributed by atoms with Crippen LogP contribution in [0.4, 0.5) is 24.9 Å². The molecule has 0 radical (unpaired) electrons. The van der Waals surface area contributed by atoms with Crippen LogP contribution in [0.2, 0.25) is 0 Å². The van der Waals surface area contributed by atoms with Crippen molar-refractivity contribution >= 4 is 40.7 Å².